The first-order valence-electron chi connectivity index (χ1n) is 7.50. The molecule has 2 N–H and O–H groups in total. The molecule has 0 aromatic heterocycles. The van der Waals surface area contributed by atoms with Crippen molar-refractivity contribution < 1.29 is 24.5 Å². The molecule has 0 spiro atoms. The van der Waals surface area contributed by atoms with Crippen molar-refractivity contribution in [1.82, 2.24) is 0 Å². The molecule has 1 saturated carbocycles. The molecule has 0 radical (unpaired) electrons. The summed E-state index contributed by atoms with van der Waals surface area (Å²) >= 11 is 0. The quantitative estimate of drug-likeness (QED) is 0.836. The Labute approximate surface area is 129 Å². The van der Waals surface area contributed by atoms with Crippen LogP contribution in [0.15, 0.2) is 24.3 Å². The minimum atomic E-state index is -0.838. The van der Waals surface area contributed by atoms with Gasteiger partial charge in [0.2, 0.25) is 0 Å². The topological polar surface area (TPSA) is 83.8 Å². The minimum absolute atomic E-state index is 0.0195. The van der Waals surface area contributed by atoms with Crippen LogP contribution in [-0.2, 0) is 20.7 Å². The number of esters is 1. The summed E-state index contributed by atoms with van der Waals surface area (Å²) in [4.78, 5) is 23.4. The van der Waals surface area contributed by atoms with Crippen molar-refractivity contribution in [2.45, 2.75) is 45.1 Å². The highest BCUT2D eigenvalue weighted by Gasteiger charge is 2.41. The Morgan fingerprint density at radius 3 is 2.64 bits per heavy atom. The molecule has 120 valence electrons. The fraction of sp³-hybridized carbons (Fsp3) is 0.529. The molecule has 3 atom stereocenters. The molecule has 1 fully saturated rings. The summed E-state index contributed by atoms with van der Waals surface area (Å²) in [7, 11) is 0. The second kappa shape index (κ2) is 6.38. The first-order chi connectivity index (χ1) is 10.3. The number of aromatic hydroxyl groups is 1. The molecule has 0 bridgehead atoms. The van der Waals surface area contributed by atoms with Gasteiger partial charge in [-0.05, 0) is 31.7 Å². The highest BCUT2D eigenvalue weighted by molar-refractivity contribution is 5.74. The smallest absolute Gasteiger partial charge is 0.310 e. The zero-order chi connectivity index (χ0) is 16.3. The van der Waals surface area contributed by atoms with Gasteiger partial charge in [0.05, 0.1) is 12.3 Å². The van der Waals surface area contributed by atoms with Crippen molar-refractivity contribution in [2.75, 3.05) is 0 Å². The summed E-state index contributed by atoms with van der Waals surface area (Å²) in [6.07, 6.45) is 1.58. The maximum absolute atomic E-state index is 12.1. The van der Waals surface area contributed by atoms with Crippen LogP contribution in [0.25, 0.3) is 0 Å². The molecule has 0 aliphatic heterocycles. The zero-order valence-corrected chi connectivity index (χ0v) is 12.9. The number of aliphatic carboxylic acids is 1. The Hall–Kier alpha value is -2.04. The van der Waals surface area contributed by atoms with Gasteiger partial charge in [0.25, 0.3) is 0 Å². The van der Waals surface area contributed by atoms with Crippen LogP contribution in [0.3, 0.4) is 0 Å². The largest absolute Gasteiger partial charge is 0.508 e. The highest BCUT2D eigenvalue weighted by atomic mass is 16.6. The van der Waals surface area contributed by atoms with Crippen LogP contribution in [0.4, 0.5) is 0 Å². The van der Waals surface area contributed by atoms with Gasteiger partial charge in [-0.25, -0.2) is 0 Å². The Kier molecular flexibility index (Phi) is 4.74. The van der Waals surface area contributed by atoms with Crippen molar-refractivity contribution in [3.8, 4) is 5.75 Å². The average Bonchev–Trinajstić information content (AvgIpc) is 2.39. The normalized spacial score (nSPS) is 28.1. The van der Waals surface area contributed by atoms with E-state index in [0.29, 0.717) is 24.8 Å². The van der Waals surface area contributed by atoms with Gasteiger partial charge in [-0.1, -0.05) is 25.1 Å². The summed E-state index contributed by atoms with van der Waals surface area (Å²) in [6, 6.07) is 6.62. The van der Waals surface area contributed by atoms with Crippen LogP contribution in [0.5, 0.6) is 5.75 Å². The van der Waals surface area contributed by atoms with Crippen LogP contribution < -0.4 is 0 Å². The molecule has 0 heterocycles. The van der Waals surface area contributed by atoms with Gasteiger partial charge in [-0.2, -0.15) is 0 Å². The lowest BCUT2D eigenvalue weighted by atomic mass is 9.74. The van der Waals surface area contributed by atoms with Crippen molar-refractivity contribution in [1.29, 1.82) is 0 Å². The zero-order valence-electron chi connectivity index (χ0n) is 12.9. The SMILES string of the molecule is CC1CC(C(=O)O)CC(C)(OC(=O)Cc2ccccc2O)C1. The number of carboxylic acids is 1. The molecule has 0 saturated heterocycles. The fourth-order valence-corrected chi connectivity index (χ4v) is 3.39. The van der Waals surface area contributed by atoms with Crippen LogP contribution in [0.2, 0.25) is 0 Å². The number of rotatable bonds is 4. The molecule has 5 nitrogen and oxygen atoms in total. The molecule has 2 rings (SSSR count). The summed E-state index contributed by atoms with van der Waals surface area (Å²) in [6.45, 7) is 3.77. The number of carboxylic acid groups (broad SMARTS) is 1. The van der Waals surface area contributed by atoms with E-state index < -0.39 is 23.5 Å². The maximum Gasteiger partial charge on any atom is 0.310 e. The number of hydrogen-bond donors (Lipinski definition) is 2. The highest BCUT2D eigenvalue weighted by Crippen LogP contribution is 2.38. The number of benzene rings is 1. The van der Waals surface area contributed by atoms with Gasteiger partial charge in [-0.3, -0.25) is 9.59 Å². The molecule has 22 heavy (non-hydrogen) atoms. The van der Waals surface area contributed by atoms with Gasteiger partial charge in [0.15, 0.2) is 0 Å². The predicted molar refractivity (Wildman–Crippen MR) is 80.4 cm³/mol. The van der Waals surface area contributed by atoms with E-state index in [1.807, 2.05) is 6.92 Å². The lowest BCUT2D eigenvalue weighted by molar-refractivity contribution is -0.168. The summed E-state index contributed by atoms with van der Waals surface area (Å²) in [5.41, 5.74) is -0.253. The molecular formula is C17H22O5. The van der Waals surface area contributed by atoms with Crippen LogP contribution >= 0.6 is 0 Å². The third-order valence-electron chi connectivity index (χ3n) is 4.18. The lowest BCUT2D eigenvalue weighted by Gasteiger charge is -2.39. The number of phenols is 1. The van der Waals surface area contributed by atoms with E-state index in [9.17, 15) is 19.8 Å². The van der Waals surface area contributed by atoms with E-state index in [1.54, 1.807) is 25.1 Å². The van der Waals surface area contributed by atoms with Crippen molar-refractivity contribution in [3.05, 3.63) is 29.8 Å². The van der Waals surface area contributed by atoms with Crippen molar-refractivity contribution in [3.63, 3.8) is 0 Å². The average molecular weight is 306 g/mol. The van der Waals surface area contributed by atoms with E-state index in [-0.39, 0.29) is 18.1 Å². The summed E-state index contributed by atoms with van der Waals surface area (Å²) in [5, 5.41) is 18.9. The van der Waals surface area contributed by atoms with Crippen LogP contribution in [-0.4, -0.2) is 27.8 Å². The molecule has 1 aromatic carbocycles. The Morgan fingerprint density at radius 1 is 1.32 bits per heavy atom. The number of ether oxygens (including phenoxy) is 1. The van der Waals surface area contributed by atoms with Crippen LogP contribution in [0, 0.1) is 11.8 Å². The standard InChI is InChI=1S/C17H22O5/c1-11-7-13(16(20)21)10-17(2,9-11)22-15(19)8-12-5-3-4-6-14(12)18/h3-6,11,13,18H,7-10H2,1-2H3,(H,20,21). The Bertz CT molecular complexity index is 568. The number of carbonyl (C=O) groups is 2. The number of carbonyl (C=O) groups excluding carboxylic acids is 1. The monoisotopic (exact) mass is 306 g/mol. The predicted octanol–water partition coefficient (Wildman–Crippen LogP) is 2.76. The van der Waals surface area contributed by atoms with Gasteiger partial charge in [-0.15, -0.1) is 0 Å². The Balaban J connectivity index is 2.03. The molecule has 1 aliphatic rings. The van der Waals surface area contributed by atoms with E-state index >= 15 is 0 Å². The Morgan fingerprint density at radius 2 is 2.00 bits per heavy atom. The van der Waals surface area contributed by atoms with Gasteiger partial charge in [0, 0.05) is 12.0 Å². The molecule has 0 amide bonds. The van der Waals surface area contributed by atoms with E-state index in [2.05, 4.69) is 0 Å². The van der Waals surface area contributed by atoms with E-state index in [0.717, 1.165) is 0 Å². The molecule has 3 unspecified atom stereocenters. The molecule has 1 aliphatic carbocycles. The third-order valence-corrected chi connectivity index (χ3v) is 4.18. The second-order valence-corrected chi connectivity index (χ2v) is 6.51. The van der Waals surface area contributed by atoms with E-state index in [1.165, 1.54) is 6.07 Å². The van der Waals surface area contributed by atoms with Gasteiger partial charge < -0.3 is 14.9 Å². The van der Waals surface area contributed by atoms with Gasteiger partial charge >= 0.3 is 11.9 Å². The first-order valence-corrected chi connectivity index (χ1v) is 7.50. The number of hydrogen-bond acceptors (Lipinski definition) is 4. The minimum Gasteiger partial charge on any atom is -0.508 e. The van der Waals surface area contributed by atoms with Crippen molar-refractivity contribution >= 4 is 11.9 Å². The first kappa shape index (κ1) is 16.3. The fourth-order valence-electron chi connectivity index (χ4n) is 3.39. The van der Waals surface area contributed by atoms with Crippen molar-refractivity contribution in [2.24, 2.45) is 11.8 Å². The summed E-state index contributed by atoms with van der Waals surface area (Å²) in [5.74, 6) is -1.51. The lowest BCUT2D eigenvalue weighted by Crippen LogP contribution is -2.42. The van der Waals surface area contributed by atoms with Gasteiger partial charge in [0.1, 0.15) is 11.4 Å². The summed E-state index contributed by atoms with van der Waals surface area (Å²) < 4.78 is 5.58. The molecule has 1 aromatic rings. The third kappa shape index (κ3) is 4.00. The maximum atomic E-state index is 12.1. The number of phenolic OH excluding ortho intramolecular Hbond substituents is 1. The molecule has 5 heteroatoms. The second-order valence-electron chi connectivity index (χ2n) is 6.51. The van der Waals surface area contributed by atoms with E-state index in [4.69, 9.17) is 4.74 Å². The van der Waals surface area contributed by atoms with Crippen LogP contribution in [0.1, 0.15) is 38.7 Å². The number of para-hydroxylation sites is 1. The molecular weight excluding hydrogens is 284 g/mol.